The number of rotatable bonds is 9. The zero-order valence-electron chi connectivity index (χ0n) is 17.1. The van der Waals surface area contributed by atoms with Crippen LogP contribution in [0.4, 0.5) is 0 Å². The van der Waals surface area contributed by atoms with Gasteiger partial charge in [-0.1, -0.05) is 5.16 Å². The van der Waals surface area contributed by atoms with Gasteiger partial charge < -0.3 is 27.7 Å². The number of ether oxygens (including phenoxy) is 2. The van der Waals surface area contributed by atoms with Gasteiger partial charge >= 0.3 is 0 Å². The lowest BCUT2D eigenvalue weighted by Crippen LogP contribution is -2.32. The van der Waals surface area contributed by atoms with E-state index in [2.05, 4.69) is 10.1 Å². The summed E-state index contributed by atoms with van der Waals surface area (Å²) in [5, 5.41) is 4.04. The number of hydrogen-bond donors (Lipinski definition) is 0. The molecule has 0 N–H and O–H groups in total. The molecule has 0 radical (unpaired) electrons. The molecule has 1 amide bonds. The van der Waals surface area contributed by atoms with Gasteiger partial charge in [0.25, 0.3) is 5.91 Å². The van der Waals surface area contributed by atoms with Gasteiger partial charge in [0.2, 0.25) is 11.7 Å². The Kier molecular flexibility index (Phi) is 6.02. The van der Waals surface area contributed by atoms with Crippen molar-refractivity contribution < 1.29 is 27.6 Å². The number of carbonyl (C=O) groups is 1. The summed E-state index contributed by atoms with van der Waals surface area (Å²) in [4.78, 5) is 18.9. The molecule has 1 aromatic carbocycles. The first-order valence-corrected chi connectivity index (χ1v) is 9.58. The van der Waals surface area contributed by atoms with Gasteiger partial charge in [-0.2, -0.15) is 4.98 Å². The fourth-order valence-corrected chi connectivity index (χ4v) is 3.08. The predicted molar refractivity (Wildman–Crippen MR) is 109 cm³/mol. The molecule has 0 atom stereocenters. The Labute approximate surface area is 178 Å². The summed E-state index contributed by atoms with van der Waals surface area (Å²) in [6.07, 6.45) is 3.40. The highest BCUT2D eigenvalue weighted by Crippen LogP contribution is 2.31. The Morgan fingerprint density at radius 2 is 1.84 bits per heavy atom. The first-order chi connectivity index (χ1) is 15.2. The lowest BCUT2D eigenvalue weighted by atomic mass is 10.2. The van der Waals surface area contributed by atoms with E-state index in [0.29, 0.717) is 48.5 Å². The zero-order chi connectivity index (χ0) is 21.6. The van der Waals surface area contributed by atoms with E-state index in [-0.39, 0.29) is 11.7 Å². The Morgan fingerprint density at radius 3 is 2.55 bits per heavy atom. The Balaban J connectivity index is 1.48. The summed E-state index contributed by atoms with van der Waals surface area (Å²) in [6.45, 7) is 0.636. The highest BCUT2D eigenvalue weighted by atomic mass is 16.5. The number of aromatic nitrogens is 2. The predicted octanol–water partition coefficient (Wildman–Crippen LogP) is 3.82. The van der Waals surface area contributed by atoms with E-state index >= 15 is 0 Å². The fourth-order valence-electron chi connectivity index (χ4n) is 3.08. The van der Waals surface area contributed by atoms with Gasteiger partial charge in [-0.05, 0) is 42.5 Å². The van der Waals surface area contributed by atoms with Gasteiger partial charge in [0.05, 0.1) is 33.3 Å². The highest BCUT2D eigenvalue weighted by Gasteiger charge is 2.21. The van der Waals surface area contributed by atoms with E-state index in [4.69, 9.17) is 22.8 Å². The largest absolute Gasteiger partial charge is 0.493 e. The minimum Gasteiger partial charge on any atom is -0.493 e. The molecule has 160 valence electrons. The van der Waals surface area contributed by atoms with E-state index in [1.54, 1.807) is 55.7 Å². The average Bonchev–Trinajstić information content (AvgIpc) is 3.58. The number of furan rings is 2. The number of amides is 1. The van der Waals surface area contributed by atoms with Gasteiger partial charge in [0.15, 0.2) is 17.3 Å². The molecule has 0 aliphatic rings. The maximum atomic E-state index is 12.8. The molecule has 9 nitrogen and oxygen atoms in total. The normalized spacial score (nSPS) is 10.8. The van der Waals surface area contributed by atoms with Gasteiger partial charge in [-0.25, -0.2) is 0 Å². The lowest BCUT2D eigenvalue weighted by Gasteiger charge is -2.19. The molecule has 0 fully saturated rings. The molecule has 0 saturated heterocycles. The second kappa shape index (κ2) is 9.21. The first kappa shape index (κ1) is 20.3. The quantitative estimate of drug-likeness (QED) is 0.400. The number of nitrogens with zero attached hydrogens (tertiary/aromatic N) is 3. The number of benzene rings is 1. The molecule has 0 spiro atoms. The average molecular weight is 423 g/mol. The van der Waals surface area contributed by atoms with Crippen LogP contribution in [0.25, 0.3) is 11.4 Å². The van der Waals surface area contributed by atoms with Crippen molar-refractivity contribution in [1.29, 1.82) is 0 Å². The molecule has 0 unspecified atom stereocenters. The number of methoxy groups -OCH3 is 2. The van der Waals surface area contributed by atoms with Crippen LogP contribution in [-0.4, -0.2) is 41.7 Å². The van der Waals surface area contributed by atoms with Crippen LogP contribution in [0.2, 0.25) is 0 Å². The topological polar surface area (TPSA) is 104 Å². The van der Waals surface area contributed by atoms with Crippen LogP contribution in [0.1, 0.15) is 22.2 Å². The zero-order valence-corrected chi connectivity index (χ0v) is 17.1. The molecule has 3 aromatic heterocycles. The molecule has 3 heterocycles. The molecular formula is C22H21N3O6. The van der Waals surface area contributed by atoms with E-state index < -0.39 is 0 Å². The molecule has 31 heavy (non-hydrogen) atoms. The van der Waals surface area contributed by atoms with Crippen LogP contribution in [0, 0.1) is 0 Å². The highest BCUT2D eigenvalue weighted by molar-refractivity contribution is 5.91. The molecule has 0 aliphatic heterocycles. The van der Waals surface area contributed by atoms with E-state index in [9.17, 15) is 4.79 Å². The standard InChI is InChI=1S/C22H21N3O6/c1-27-17-8-7-15(13-19(17)28-2)21-23-20(31-24-21)9-10-25(14-16-5-3-11-29-16)22(26)18-6-4-12-30-18/h3-8,11-13H,9-10,14H2,1-2H3. The minimum atomic E-state index is -0.249. The van der Waals surface area contributed by atoms with Crippen LogP contribution in [-0.2, 0) is 13.0 Å². The second-order valence-electron chi connectivity index (χ2n) is 6.61. The minimum absolute atomic E-state index is 0.249. The third-order valence-corrected chi connectivity index (χ3v) is 4.65. The molecule has 0 saturated carbocycles. The summed E-state index contributed by atoms with van der Waals surface area (Å²) < 4.78 is 26.6. The summed E-state index contributed by atoms with van der Waals surface area (Å²) in [5.41, 5.74) is 0.728. The van der Waals surface area contributed by atoms with Gasteiger partial charge in [-0.3, -0.25) is 4.79 Å². The van der Waals surface area contributed by atoms with Crippen molar-refractivity contribution in [2.24, 2.45) is 0 Å². The van der Waals surface area contributed by atoms with E-state index in [0.717, 1.165) is 5.56 Å². The summed E-state index contributed by atoms with van der Waals surface area (Å²) in [6, 6.07) is 12.3. The first-order valence-electron chi connectivity index (χ1n) is 9.58. The fraction of sp³-hybridized carbons (Fsp3) is 0.227. The molecule has 9 heteroatoms. The van der Waals surface area contributed by atoms with Gasteiger partial charge in [0.1, 0.15) is 5.76 Å². The van der Waals surface area contributed by atoms with Crippen molar-refractivity contribution in [1.82, 2.24) is 15.0 Å². The molecule has 0 bridgehead atoms. The number of hydrogen-bond acceptors (Lipinski definition) is 8. The molecular weight excluding hydrogens is 402 g/mol. The molecule has 4 rings (SSSR count). The van der Waals surface area contributed by atoms with Crippen molar-refractivity contribution in [3.05, 3.63) is 72.4 Å². The Hall–Kier alpha value is -4.01. The maximum absolute atomic E-state index is 12.8. The molecule has 4 aromatic rings. The third kappa shape index (κ3) is 4.61. The van der Waals surface area contributed by atoms with E-state index in [1.165, 1.54) is 6.26 Å². The van der Waals surface area contributed by atoms with Crippen molar-refractivity contribution in [2.75, 3.05) is 20.8 Å². The molecule has 0 aliphatic carbocycles. The van der Waals surface area contributed by atoms with Crippen molar-refractivity contribution in [3.8, 4) is 22.9 Å². The van der Waals surface area contributed by atoms with Gasteiger partial charge in [-0.15, -0.1) is 0 Å². The van der Waals surface area contributed by atoms with Crippen molar-refractivity contribution in [2.45, 2.75) is 13.0 Å². The third-order valence-electron chi connectivity index (χ3n) is 4.65. The maximum Gasteiger partial charge on any atom is 0.289 e. The monoisotopic (exact) mass is 423 g/mol. The van der Waals surface area contributed by atoms with Crippen molar-refractivity contribution in [3.63, 3.8) is 0 Å². The van der Waals surface area contributed by atoms with Crippen LogP contribution >= 0.6 is 0 Å². The van der Waals surface area contributed by atoms with Crippen LogP contribution < -0.4 is 9.47 Å². The number of carbonyl (C=O) groups excluding carboxylic acids is 1. The summed E-state index contributed by atoms with van der Waals surface area (Å²) >= 11 is 0. The Bertz CT molecular complexity index is 1120. The smallest absolute Gasteiger partial charge is 0.289 e. The summed E-state index contributed by atoms with van der Waals surface area (Å²) in [5.74, 6) is 2.67. The van der Waals surface area contributed by atoms with Crippen molar-refractivity contribution >= 4 is 5.91 Å². The summed E-state index contributed by atoms with van der Waals surface area (Å²) in [7, 11) is 3.13. The van der Waals surface area contributed by atoms with Crippen LogP contribution in [0.3, 0.4) is 0 Å². The Morgan fingerprint density at radius 1 is 1.03 bits per heavy atom. The van der Waals surface area contributed by atoms with Gasteiger partial charge in [0, 0.05) is 18.5 Å². The van der Waals surface area contributed by atoms with E-state index in [1.807, 2.05) is 12.1 Å². The second-order valence-corrected chi connectivity index (χ2v) is 6.61. The van der Waals surface area contributed by atoms with Crippen LogP contribution in [0.5, 0.6) is 11.5 Å². The lowest BCUT2D eigenvalue weighted by molar-refractivity contribution is 0.0697. The van der Waals surface area contributed by atoms with Crippen LogP contribution in [0.15, 0.2) is 68.3 Å². The SMILES string of the molecule is COc1ccc(-c2noc(CCN(Cc3ccco3)C(=O)c3ccco3)n2)cc1OC.